The summed E-state index contributed by atoms with van der Waals surface area (Å²) < 4.78 is 0.774. The van der Waals surface area contributed by atoms with Gasteiger partial charge in [0.15, 0.2) is 10.1 Å². The number of aromatic amines is 1. The number of H-pyrrole nitrogens is 1. The molecule has 0 aliphatic heterocycles. The number of hydrogen-bond donors (Lipinski definition) is 2. The summed E-state index contributed by atoms with van der Waals surface area (Å²) in [5, 5.41) is 13.3. The van der Waals surface area contributed by atoms with E-state index in [-0.39, 0.29) is 5.78 Å². The van der Waals surface area contributed by atoms with E-state index in [4.69, 9.17) is 0 Å². The number of carbonyl (C=O) groups is 1. The average molecular weight is 395 g/mol. The summed E-state index contributed by atoms with van der Waals surface area (Å²) in [7, 11) is 0. The quantitative estimate of drug-likeness (QED) is 0.329. The van der Waals surface area contributed by atoms with E-state index in [1.807, 2.05) is 36.4 Å². The maximum atomic E-state index is 12.6. The number of ketones is 1. The van der Waals surface area contributed by atoms with Crippen molar-refractivity contribution in [3.05, 3.63) is 65.9 Å². The number of anilines is 2. The molecule has 0 aliphatic rings. The fourth-order valence-corrected chi connectivity index (χ4v) is 4.43. The third-order valence-electron chi connectivity index (χ3n) is 4.24. The lowest BCUT2D eigenvalue weighted by molar-refractivity contribution is 0.102. The number of Topliss-reactive ketones (excluding diaryl/α,β-unsaturated/α-hetero) is 1. The van der Waals surface area contributed by atoms with Gasteiger partial charge in [-0.3, -0.25) is 4.79 Å². The Balaban J connectivity index is 1.38. The third-order valence-corrected chi connectivity index (χ3v) is 6.21. The molecule has 0 radical (unpaired) electrons. The normalized spacial score (nSPS) is 11.0. The standard InChI is InChI=1S/C20H18N4OS2/c1-2-13-7-9-14(10-8-13)22-19-23-24-20(27-19)26-12-18(25)16-11-21-17-6-4-3-5-15(16)17/h3-11,21H,2,12H2,1H3,(H,22,23). The van der Waals surface area contributed by atoms with Crippen molar-refractivity contribution >= 4 is 50.6 Å². The topological polar surface area (TPSA) is 70.7 Å². The second-order valence-electron chi connectivity index (χ2n) is 6.01. The van der Waals surface area contributed by atoms with Crippen LogP contribution < -0.4 is 5.32 Å². The van der Waals surface area contributed by atoms with Gasteiger partial charge in [0, 0.05) is 28.4 Å². The van der Waals surface area contributed by atoms with Crippen LogP contribution in [0.15, 0.2) is 59.1 Å². The minimum Gasteiger partial charge on any atom is -0.360 e. The van der Waals surface area contributed by atoms with Gasteiger partial charge in [-0.1, -0.05) is 60.4 Å². The molecule has 136 valence electrons. The van der Waals surface area contributed by atoms with Gasteiger partial charge in [0.2, 0.25) is 5.13 Å². The van der Waals surface area contributed by atoms with E-state index < -0.39 is 0 Å². The minimum atomic E-state index is 0.0808. The molecule has 4 aromatic rings. The van der Waals surface area contributed by atoms with Crippen LogP contribution in [0.4, 0.5) is 10.8 Å². The second kappa shape index (κ2) is 7.94. The maximum Gasteiger partial charge on any atom is 0.210 e. The lowest BCUT2D eigenvalue weighted by atomic mass is 10.1. The molecule has 0 spiro atoms. The zero-order valence-corrected chi connectivity index (χ0v) is 16.4. The van der Waals surface area contributed by atoms with Gasteiger partial charge in [-0.05, 0) is 30.2 Å². The number of aryl methyl sites for hydroxylation is 1. The highest BCUT2D eigenvalue weighted by atomic mass is 32.2. The molecule has 0 atom stereocenters. The zero-order valence-electron chi connectivity index (χ0n) is 14.7. The number of fused-ring (bicyclic) bond motifs is 1. The largest absolute Gasteiger partial charge is 0.360 e. The Morgan fingerprint density at radius 1 is 1.15 bits per heavy atom. The molecule has 0 unspecified atom stereocenters. The molecular weight excluding hydrogens is 376 g/mol. The number of rotatable bonds is 7. The first-order valence-corrected chi connectivity index (χ1v) is 10.4. The number of carbonyl (C=O) groups excluding carboxylic acids is 1. The number of benzene rings is 2. The van der Waals surface area contributed by atoms with Crippen molar-refractivity contribution in [2.75, 3.05) is 11.1 Å². The highest BCUT2D eigenvalue weighted by Gasteiger charge is 2.14. The molecule has 7 heteroatoms. The summed E-state index contributed by atoms with van der Waals surface area (Å²) in [6.45, 7) is 2.13. The van der Waals surface area contributed by atoms with Crippen molar-refractivity contribution in [1.29, 1.82) is 0 Å². The Hall–Kier alpha value is -2.64. The summed E-state index contributed by atoms with van der Waals surface area (Å²) >= 11 is 2.86. The molecule has 0 amide bonds. The van der Waals surface area contributed by atoms with Gasteiger partial charge in [0.25, 0.3) is 0 Å². The van der Waals surface area contributed by atoms with Crippen LogP contribution in [0.3, 0.4) is 0 Å². The Morgan fingerprint density at radius 2 is 1.96 bits per heavy atom. The smallest absolute Gasteiger partial charge is 0.210 e. The van der Waals surface area contributed by atoms with Crippen LogP contribution in [0.25, 0.3) is 10.9 Å². The molecule has 2 heterocycles. The van der Waals surface area contributed by atoms with Gasteiger partial charge in [-0.15, -0.1) is 10.2 Å². The SMILES string of the molecule is CCc1ccc(Nc2nnc(SCC(=O)c3c[nH]c4ccccc34)s2)cc1. The molecule has 2 aromatic carbocycles. The van der Waals surface area contributed by atoms with E-state index in [9.17, 15) is 4.79 Å². The Labute approximate surface area is 165 Å². The first-order valence-electron chi connectivity index (χ1n) is 8.64. The van der Waals surface area contributed by atoms with Crippen LogP contribution in [0.1, 0.15) is 22.8 Å². The first-order chi connectivity index (χ1) is 13.2. The fraction of sp³-hybridized carbons (Fsp3) is 0.150. The molecule has 2 N–H and O–H groups in total. The molecule has 0 fully saturated rings. The van der Waals surface area contributed by atoms with Crippen molar-refractivity contribution < 1.29 is 4.79 Å². The van der Waals surface area contributed by atoms with Crippen LogP contribution in [0, 0.1) is 0 Å². The van der Waals surface area contributed by atoms with Gasteiger partial charge >= 0.3 is 0 Å². The molecule has 2 aromatic heterocycles. The van der Waals surface area contributed by atoms with Crippen molar-refractivity contribution in [2.24, 2.45) is 0 Å². The Kier molecular flexibility index (Phi) is 5.22. The highest BCUT2D eigenvalue weighted by Crippen LogP contribution is 2.29. The number of thioether (sulfide) groups is 1. The predicted octanol–water partition coefficient (Wildman–Crippen LogP) is 5.30. The maximum absolute atomic E-state index is 12.6. The summed E-state index contributed by atoms with van der Waals surface area (Å²) in [5.74, 6) is 0.416. The molecule has 0 bridgehead atoms. The number of hydrogen-bond acceptors (Lipinski definition) is 6. The van der Waals surface area contributed by atoms with Gasteiger partial charge in [-0.25, -0.2) is 0 Å². The molecule has 5 nitrogen and oxygen atoms in total. The van der Waals surface area contributed by atoms with E-state index in [2.05, 4.69) is 39.6 Å². The summed E-state index contributed by atoms with van der Waals surface area (Å²) in [4.78, 5) is 15.7. The first kappa shape index (κ1) is 17.8. The average Bonchev–Trinajstić information content (AvgIpc) is 3.33. The lowest BCUT2D eigenvalue weighted by Gasteiger charge is -2.02. The van der Waals surface area contributed by atoms with Crippen molar-refractivity contribution in [3.8, 4) is 0 Å². The van der Waals surface area contributed by atoms with E-state index in [0.717, 1.165) is 38.0 Å². The summed E-state index contributed by atoms with van der Waals surface area (Å²) in [5.41, 5.74) is 3.97. The second-order valence-corrected chi connectivity index (χ2v) is 8.21. The number of nitrogens with one attached hydrogen (secondary N) is 2. The van der Waals surface area contributed by atoms with Crippen molar-refractivity contribution in [3.63, 3.8) is 0 Å². The Bertz CT molecular complexity index is 1070. The number of para-hydroxylation sites is 1. The third kappa shape index (κ3) is 4.04. The van der Waals surface area contributed by atoms with E-state index in [1.54, 1.807) is 6.20 Å². The van der Waals surface area contributed by atoms with Crippen LogP contribution >= 0.6 is 23.1 Å². The van der Waals surface area contributed by atoms with Gasteiger partial charge < -0.3 is 10.3 Å². The van der Waals surface area contributed by atoms with E-state index in [1.165, 1.54) is 28.7 Å². The van der Waals surface area contributed by atoms with E-state index >= 15 is 0 Å². The number of aromatic nitrogens is 3. The summed E-state index contributed by atoms with van der Waals surface area (Å²) in [6, 6.07) is 16.1. The zero-order chi connectivity index (χ0) is 18.6. The number of nitrogens with zero attached hydrogens (tertiary/aromatic N) is 2. The molecule has 0 aliphatic carbocycles. The molecule has 0 saturated carbocycles. The van der Waals surface area contributed by atoms with E-state index in [0.29, 0.717) is 5.75 Å². The molecular formula is C20H18N4OS2. The van der Waals surface area contributed by atoms with Gasteiger partial charge in [-0.2, -0.15) is 0 Å². The minimum absolute atomic E-state index is 0.0808. The lowest BCUT2D eigenvalue weighted by Crippen LogP contribution is -2.01. The van der Waals surface area contributed by atoms with Crippen LogP contribution in [-0.4, -0.2) is 26.7 Å². The van der Waals surface area contributed by atoms with Crippen molar-refractivity contribution in [2.45, 2.75) is 17.7 Å². The predicted molar refractivity (Wildman–Crippen MR) is 112 cm³/mol. The van der Waals surface area contributed by atoms with Gasteiger partial charge in [0.1, 0.15) is 0 Å². The van der Waals surface area contributed by atoms with Crippen LogP contribution in [-0.2, 0) is 6.42 Å². The molecule has 0 saturated heterocycles. The fourth-order valence-electron chi connectivity index (χ4n) is 2.77. The highest BCUT2D eigenvalue weighted by molar-refractivity contribution is 8.01. The van der Waals surface area contributed by atoms with Crippen molar-refractivity contribution in [1.82, 2.24) is 15.2 Å². The monoisotopic (exact) mass is 394 g/mol. The molecule has 27 heavy (non-hydrogen) atoms. The van der Waals surface area contributed by atoms with Crippen LogP contribution in [0.2, 0.25) is 0 Å². The molecule has 4 rings (SSSR count). The van der Waals surface area contributed by atoms with Gasteiger partial charge in [0.05, 0.1) is 5.75 Å². The summed E-state index contributed by atoms with van der Waals surface area (Å²) in [6.07, 6.45) is 2.80. The van der Waals surface area contributed by atoms with Crippen LogP contribution in [0.5, 0.6) is 0 Å². The Morgan fingerprint density at radius 3 is 2.78 bits per heavy atom.